The summed E-state index contributed by atoms with van der Waals surface area (Å²) in [6, 6.07) is 3.67. The monoisotopic (exact) mass is 240 g/mol. The highest BCUT2D eigenvalue weighted by atomic mass is 32.1. The molecule has 1 atom stereocenters. The molecule has 5 heteroatoms. The largest absolute Gasteiger partial charge is 0.392 e. The van der Waals surface area contributed by atoms with E-state index < -0.39 is 0 Å². The van der Waals surface area contributed by atoms with Gasteiger partial charge in [0.2, 0.25) is 0 Å². The van der Waals surface area contributed by atoms with Crippen LogP contribution in [-0.4, -0.2) is 28.4 Å². The van der Waals surface area contributed by atoms with Gasteiger partial charge in [0, 0.05) is 6.54 Å². The normalized spacial score (nSPS) is 20.5. The van der Waals surface area contributed by atoms with Gasteiger partial charge in [-0.25, -0.2) is 0 Å². The fourth-order valence-corrected chi connectivity index (χ4v) is 2.77. The maximum absolute atomic E-state index is 12.0. The first-order chi connectivity index (χ1) is 7.20. The maximum atomic E-state index is 12.0. The van der Waals surface area contributed by atoms with E-state index in [0.29, 0.717) is 4.99 Å². The zero-order valence-corrected chi connectivity index (χ0v) is 9.81. The molecule has 80 valence electrons. The first-order valence-electron chi connectivity index (χ1n) is 4.84. The molecule has 1 aromatic rings. The molecule has 1 aliphatic rings. The first-order valence-corrected chi connectivity index (χ1v) is 6.12. The van der Waals surface area contributed by atoms with Crippen LogP contribution in [0.3, 0.4) is 0 Å². The van der Waals surface area contributed by atoms with Gasteiger partial charge in [0.1, 0.15) is 0 Å². The Morgan fingerprint density at radius 1 is 1.67 bits per heavy atom. The number of carbonyl (C=O) groups is 1. The van der Waals surface area contributed by atoms with Gasteiger partial charge in [-0.05, 0) is 24.3 Å². The number of hydrogen-bond acceptors (Lipinski definition) is 3. The predicted octanol–water partition coefficient (Wildman–Crippen LogP) is 1.64. The molecule has 2 rings (SSSR count). The van der Waals surface area contributed by atoms with Crippen LogP contribution in [0.2, 0.25) is 0 Å². The Morgan fingerprint density at radius 2 is 2.47 bits per heavy atom. The van der Waals surface area contributed by atoms with E-state index in [1.54, 1.807) is 4.90 Å². The van der Waals surface area contributed by atoms with Crippen molar-refractivity contribution in [1.29, 1.82) is 0 Å². The van der Waals surface area contributed by atoms with Gasteiger partial charge in [-0.1, -0.05) is 18.3 Å². The van der Waals surface area contributed by atoms with Crippen LogP contribution in [-0.2, 0) is 0 Å². The molecule has 0 saturated carbocycles. The Bertz CT molecular complexity index is 375. The van der Waals surface area contributed by atoms with E-state index in [-0.39, 0.29) is 11.9 Å². The van der Waals surface area contributed by atoms with Crippen LogP contribution in [0, 0.1) is 0 Å². The number of nitrogens with zero attached hydrogens (tertiary/aromatic N) is 1. The van der Waals surface area contributed by atoms with Gasteiger partial charge in [0.15, 0.2) is 0 Å². The van der Waals surface area contributed by atoms with Gasteiger partial charge in [-0.2, -0.15) is 0 Å². The van der Waals surface area contributed by atoms with Crippen molar-refractivity contribution in [2.24, 2.45) is 5.73 Å². The lowest BCUT2D eigenvalue weighted by molar-refractivity contribution is 0.0775. The van der Waals surface area contributed by atoms with Crippen molar-refractivity contribution in [2.45, 2.75) is 18.9 Å². The van der Waals surface area contributed by atoms with Gasteiger partial charge in [-0.15, -0.1) is 11.3 Å². The lowest BCUT2D eigenvalue weighted by Gasteiger charge is -2.22. The minimum atomic E-state index is -0.0467. The molecular formula is C10H12N2OS2. The Morgan fingerprint density at radius 3 is 3.07 bits per heavy atom. The van der Waals surface area contributed by atoms with Crippen molar-refractivity contribution >= 4 is 34.5 Å². The molecule has 1 fully saturated rings. The Hall–Kier alpha value is -0.940. The summed E-state index contributed by atoms with van der Waals surface area (Å²) in [4.78, 5) is 15.0. The Balaban J connectivity index is 2.17. The smallest absolute Gasteiger partial charge is 0.264 e. The topological polar surface area (TPSA) is 46.3 Å². The van der Waals surface area contributed by atoms with Crippen LogP contribution in [0.15, 0.2) is 17.5 Å². The fraction of sp³-hybridized carbons (Fsp3) is 0.400. The predicted molar refractivity (Wildman–Crippen MR) is 65.2 cm³/mol. The molecule has 3 nitrogen and oxygen atoms in total. The molecule has 0 spiro atoms. The summed E-state index contributed by atoms with van der Waals surface area (Å²) >= 11 is 6.42. The average molecular weight is 240 g/mol. The standard InChI is InChI=1S/C10H12N2OS2/c11-9(14)7-3-1-5-12(7)10(13)8-4-2-6-15-8/h2,4,6-7H,1,3,5H2,(H2,11,14). The summed E-state index contributed by atoms with van der Waals surface area (Å²) in [5.41, 5.74) is 5.62. The van der Waals surface area contributed by atoms with Crippen molar-refractivity contribution in [3.8, 4) is 0 Å². The van der Waals surface area contributed by atoms with Crippen LogP contribution < -0.4 is 5.73 Å². The lowest BCUT2D eigenvalue weighted by Crippen LogP contribution is -2.42. The van der Waals surface area contributed by atoms with Crippen LogP contribution in [0.5, 0.6) is 0 Å². The van der Waals surface area contributed by atoms with Crippen molar-refractivity contribution in [2.75, 3.05) is 6.54 Å². The van der Waals surface area contributed by atoms with E-state index in [2.05, 4.69) is 0 Å². The molecule has 1 saturated heterocycles. The van der Waals surface area contributed by atoms with E-state index in [1.807, 2.05) is 17.5 Å². The molecular weight excluding hydrogens is 228 g/mol. The summed E-state index contributed by atoms with van der Waals surface area (Å²) < 4.78 is 0. The molecule has 0 bridgehead atoms. The molecule has 15 heavy (non-hydrogen) atoms. The van der Waals surface area contributed by atoms with Crippen LogP contribution >= 0.6 is 23.6 Å². The second-order valence-electron chi connectivity index (χ2n) is 3.54. The van der Waals surface area contributed by atoms with Crippen LogP contribution in [0.4, 0.5) is 0 Å². The molecule has 0 radical (unpaired) electrons. The third-order valence-corrected chi connectivity index (χ3v) is 3.70. The number of rotatable bonds is 2. The third kappa shape index (κ3) is 2.03. The number of likely N-dealkylation sites (tertiary alicyclic amines) is 1. The highest BCUT2D eigenvalue weighted by Gasteiger charge is 2.31. The highest BCUT2D eigenvalue weighted by molar-refractivity contribution is 7.80. The van der Waals surface area contributed by atoms with E-state index in [1.165, 1.54) is 11.3 Å². The Labute approximate surface area is 97.9 Å². The minimum Gasteiger partial charge on any atom is -0.392 e. The van der Waals surface area contributed by atoms with E-state index in [0.717, 1.165) is 24.3 Å². The van der Waals surface area contributed by atoms with Gasteiger partial charge < -0.3 is 10.6 Å². The summed E-state index contributed by atoms with van der Waals surface area (Å²) in [6.07, 6.45) is 1.88. The number of amides is 1. The van der Waals surface area contributed by atoms with Crippen molar-refractivity contribution in [3.05, 3.63) is 22.4 Å². The molecule has 1 amide bonds. The maximum Gasteiger partial charge on any atom is 0.264 e. The molecule has 0 aromatic carbocycles. The summed E-state index contributed by atoms with van der Waals surface area (Å²) in [6.45, 7) is 0.763. The van der Waals surface area contributed by atoms with Crippen molar-refractivity contribution < 1.29 is 4.79 Å². The summed E-state index contributed by atoms with van der Waals surface area (Å²) in [5, 5.41) is 1.90. The first kappa shape index (κ1) is 10.6. The lowest BCUT2D eigenvalue weighted by atomic mass is 10.2. The van der Waals surface area contributed by atoms with Gasteiger partial charge in [0.25, 0.3) is 5.91 Å². The second kappa shape index (κ2) is 4.28. The fourth-order valence-electron chi connectivity index (χ4n) is 1.85. The third-order valence-electron chi connectivity index (χ3n) is 2.57. The van der Waals surface area contributed by atoms with Crippen LogP contribution in [0.1, 0.15) is 22.5 Å². The van der Waals surface area contributed by atoms with E-state index in [4.69, 9.17) is 18.0 Å². The van der Waals surface area contributed by atoms with Gasteiger partial charge in [0.05, 0.1) is 15.9 Å². The number of nitrogens with two attached hydrogens (primary N) is 1. The number of hydrogen-bond donors (Lipinski definition) is 1. The van der Waals surface area contributed by atoms with Gasteiger partial charge >= 0.3 is 0 Å². The molecule has 1 unspecified atom stereocenters. The quantitative estimate of drug-likeness (QED) is 0.799. The zero-order chi connectivity index (χ0) is 10.8. The van der Waals surface area contributed by atoms with Gasteiger partial charge in [-0.3, -0.25) is 4.79 Å². The summed E-state index contributed by atoms with van der Waals surface area (Å²) in [7, 11) is 0. The van der Waals surface area contributed by atoms with Crippen LogP contribution in [0.25, 0.3) is 0 Å². The molecule has 0 aliphatic carbocycles. The second-order valence-corrected chi connectivity index (χ2v) is 4.96. The average Bonchev–Trinajstić information content (AvgIpc) is 2.88. The van der Waals surface area contributed by atoms with E-state index >= 15 is 0 Å². The zero-order valence-electron chi connectivity index (χ0n) is 8.18. The molecule has 1 aromatic heterocycles. The number of thiophene rings is 1. The molecule has 2 heterocycles. The Kier molecular flexibility index (Phi) is 3.02. The van der Waals surface area contributed by atoms with E-state index in [9.17, 15) is 4.79 Å². The molecule has 2 N–H and O–H groups in total. The highest BCUT2D eigenvalue weighted by Crippen LogP contribution is 2.22. The minimum absolute atomic E-state index is 0.0467. The van der Waals surface area contributed by atoms with Crippen molar-refractivity contribution in [3.63, 3.8) is 0 Å². The summed E-state index contributed by atoms with van der Waals surface area (Å²) in [5.74, 6) is 0.0558. The van der Waals surface area contributed by atoms with Crippen molar-refractivity contribution in [1.82, 2.24) is 4.90 Å². The number of thiocarbonyl (C=S) groups is 1. The number of carbonyl (C=O) groups excluding carboxylic acids is 1. The SMILES string of the molecule is NC(=S)C1CCCN1C(=O)c1cccs1. The molecule has 1 aliphatic heterocycles.